The molecule has 3 aromatic carbocycles. The molecule has 2 N–H and O–H groups in total. The molecule has 51 heavy (non-hydrogen) atoms. The maximum absolute atomic E-state index is 13.4. The van der Waals surface area contributed by atoms with Crippen LogP contribution in [0.1, 0.15) is 88.3 Å². The van der Waals surface area contributed by atoms with E-state index in [1.54, 1.807) is 14.2 Å². The maximum Gasteiger partial charge on any atom is 0.232 e. The van der Waals surface area contributed by atoms with Crippen LogP contribution in [0, 0.1) is 11.8 Å². The van der Waals surface area contributed by atoms with E-state index in [-0.39, 0.29) is 11.8 Å². The van der Waals surface area contributed by atoms with E-state index < -0.39 is 5.41 Å². The van der Waals surface area contributed by atoms with Crippen LogP contribution in [-0.2, 0) is 16.8 Å². The predicted molar refractivity (Wildman–Crippen MR) is 209 cm³/mol. The number of nitrogens with zero attached hydrogens (tertiary/aromatic N) is 3. The molecule has 2 atom stereocenters. The summed E-state index contributed by atoms with van der Waals surface area (Å²) in [4.78, 5) is 21.4. The molecule has 0 bridgehead atoms. The van der Waals surface area contributed by atoms with Crippen molar-refractivity contribution in [3.63, 3.8) is 0 Å². The molecule has 2 aliphatic rings. The molecule has 0 saturated carbocycles. The minimum atomic E-state index is -0.808. The average molecular weight is 697 g/mol. The lowest BCUT2D eigenvalue weighted by Crippen LogP contribution is -2.49. The van der Waals surface area contributed by atoms with Crippen molar-refractivity contribution < 1.29 is 14.3 Å². The van der Waals surface area contributed by atoms with Gasteiger partial charge in [0.2, 0.25) is 5.91 Å². The summed E-state index contributed by atoms with van der Waals surface area (Å²) in [5.74, 6) is 2.47. The molecule has 7 nitrogen and oxygen atoms in total. The van der Waals surface area contributed by atoms with Gasteiger partial charge in [-0.1, -0.05) is 106 Å². The van der Waals surface area contributed by atoms with Crippen LogP contribution in [0.15, 0.2) is 78.9 Å². The zero-order valence-corrected chi connectivity index (χ0v) is 31.9. The van der Waals surface area contributed by atoms with Crippen LogP contribution < -0.4 is 15.2 Å². The van der Waals surface area contributed by atoms with Crippen LogP contribution in [-0.4, -0.2) is 86.7 Å². The van der Waals surface area contributed by atoms with Crippen molar-refractivity contribution in [1.29, 1.82) is 0 Å². The average Bonchev–Trinajstić information content (AvgIpc) is 3.64. The smallest absolute Gasteiger partial charge is 0.232 e. The second-order valence-corrected chi connectivity index (χ2v) is 15.1. The fourth-order valence-electron chi connectivity index (χ4n) is 8.80. The van der Waals surface area contributed by atoms with Gasteiger partial charge < -0.3 is 25.0 Å². The van der Waals surface area contributed by atoms with Crippen molar-refractivity contribution >= 4 is 5.91 Å². The number of amides is 1. The first kappa shape index (κ1) is 38.8. The Labute approximate surface area is 308 Å². The highest BCUT2D eigenvalue weighted by Crippen LogP contribution is 2.43. The summed E-state index contributed by atoms with van der Waals surface area (Å²) in [6, 6.07) is 27.2. The van der Waals surface area contributed by atoms with Crippen molar-refractivity contribution in [3.8, 4) is 11.5 Å². The van der Waals surface area contributed by atoms with Gasteiger partial charge in [-0.25, -0.2) is 0 Å². The first-order valence-corrected chi connectivity index (χ1v) is 19.7. The molecule has 3 aromatic rings. The number of primary amides is 1. The highest BCUT2D eigenvalue weighted by molar-refractivity contribution is 5.91. The molecule has 1 amide bonds. The Morgan fingerprint density at radius 2 is 1.37 bits per heavy atom. The second kappa shape index (κ2) is 19.4. The highest BCUT2D eigenvalue weighted by atomic mass is 16.5. The summed E-state index contributed by atoms with van der Waals surface area (Å²) in [7, 11) is 3.49. The Balaban J connectivity index is 1.06. The molecule has 0 radical (unpaired) electrons. The van der Waals surface area contributed by atoms with Crippen LogP contribution in [0.3, 0.4) is 0 Å². The summed E-state index contributed by atoms with van der Waals surface area (Å²) >= 11 is 0. The summed E-state index contributed by atoms with van der Waals surface area (Å²) in [5, 5.41) is 0. The largest absolute Gasteiger partial charge is 0.496 e. The molecule has 0 aromatic heterocycles. The van der Waals surface area contributed by atoms with E-state index in [2.05, 4.69) is 52.8 Å². The second-order valence-electron chi connectivity index (χ2n) is 15.1. The Morgan fingerprint density at radius 1 is 0.804 bits per heavy atom. The molecule has 278 valence electrons. The van der Waals surface area contributed by atoms with Crippen LogP contribution in [0.2, 0.25) is 0 Å². The normalized spacial score (nSPS) is 18.3. The number of hydrogen-bond donors (Lipinski definition) is 1. The van der Waals surface area contributed by atoms with Gasteiger partial charge in [-0.15, -0.1) is 0 Å². The third-order valence-corrected chi connectivity index (χ3v) is 11.9. The molecule has 2 heterocycles. The number of piperidine rings is 1. The lowest BCUT2D eigenvalue weighted by molar-refractivity contribution is -0.123. The van der Waals surface area contributed by atoms with Gasteiger partial charge in [-0.3, -0.25) is 9.69 Å². The zero-order valence-electron chi connectivity index (χ0n) is 31.9. The quantitative estimate of drug-likeness (QED) is 0.122. The fourth-order valence-corrected chi connectivity index (χ4v) is 8.80. The van der Waals surface area contributed by atoms with E-state index in [1.807, 2.05) is 54.6 Å². The SMILES string of the molecule is CCC(C)CN(CCCCCCCN1CC[C@@H](C(C(N)=O)(c2ccccc2)c2ccccc2)C1)C1CCN(Cc2c(OC)cccc2OC)CC1. The molecule has 2 saturated heterocycles. The van der Waals surface area contributed by atoms with Gasteiger partial charge in [-0.2, -0.15) is 0 Å². The Bertz CT molecular complexity index is 1400. The molecule has 0 spiro atoms. The van der Waals surface area contributed by atoms with Crippen molar-refractivity contribution in [2.24, 2.45) is 17.6 Å². The lowest BCUT2D eigenvalue weighted by Gasteiger charge is -2.40. The number of ether oxygens (including phenoxy) is 2. The van der Waals surface area contributed by atoms with Gasteiger partial charge in [0, 0.05) is 25.7 Å². The van der Waals surface area contributed by atoms with Gasteiger partial charge >= 0.3 is 0 Å². The number of methoxy groups -OCH3 is 2. The molecular weight excluding hydrogens is 633 g/mol. The van der Waals surface area contributed by atoms with Gasteiger partial charge in [0.25, 0.3) is 0 Å². The van der Waals surface area contributed by atoms with Crippen LogP contribution in [0.4, 0.5) is 0 Å². The number of rotatable bonds is 20. The minimum Gasteiger partial charge on any atom is -0.496 e. The maximum atomic E-state index is 13.4. The molecule has 2 fully saturated rings. The first-order valence-electron chi connectivity index (χ1n) is 19.7. The summed E-state index contributed by atoms with van der Waals surface area (Å²) in [6.07, 6.45) is 11.0. The van der Waals surface area contributed by atoms with E-state index >= 15 is 0 Å². The number of likely N-dealkylation sites (tertiary alicyclic amines) is 2. The van der Waals surface area contributed by atoms with Crippen LogP contribution in [0.5, 0.6) is 11.5 Å². The first-order chi connectivity index (χ1) is 24.9. The number of hydrogen-bond acceptors (Lipinski definition) is 6. The topological polar surface area (TPSA) is 71.3 Å². The van der Waals surface area contributed by atoms with Crippen LogP contribution >= 0.6 is 0 Å². The molecule has 7 heteroatoms. The summed E-state index contributed by atoms with van der Waals surface area (Å²) in [6.45, 7) is 13.3. The van der Waals surface area contributed by atoms with Crippen molar-refractivity contribution in [1.82, 2.24) is 14.7 Å². The lowest BCUT2D eigenvalue weighted by atomic mass is 9.64. The number of nitrogens with two attached hydrogens (primary N) is 1. The van der Waals surface area contributed by atoms with E-state index in [0.29, 0.717) is 6.04 Å². The zero-order chi connectivity index (χ0) is 36.1. The van der Waals surface area contributed by atoms with Gasteiger partial charge in [0.1, 0.15) is 16.9 Å². The summed E-state index contributed by atoms with van der Waals surface area (Å²) < 4.78 is 11.3. The monoisotopic (exact) mass is 696 g/mol. The van der Waals surface area contributed by atoms with Gasteiger partial charge in [0.05, 0.1) is 19.8 Å². The number of carbonyl (C=O) groups is 1. The van der Waals surface area contributed by atoms with Crippen molar-refractivity contribution in [2.45, 2.75) is 89.6 Å². The van der Waals surface area contributed by atoms with E-state index in [4.69, 9.17) is 15.2 Å². The molecule has 2 aliphatic heterocycles. The van der Waals surface area contributed by atoms with E-state index in [0.717, 1.165) is 79.8 Å². The third kappa shape index (κ3) is 9.74. The third-order valence-electron chi connectivity index (χ3n) is 11.9. The number of carbonyl (C=O) groups excluding carboxylic acids is 1. The minimum absolute atomic E-state index is 0.159. The van der Waals surface area contributed by atoms with Gasteiger partial charge in [0.15, 0.2) is 0 Å². The Kier molecular flexibility index (Phi) is 14.8. The number of unbranched alkanes of at least 4 members (excludes halogenated alkanes) is 4. The van der Waals surface area contributed by atoms with Crippen LogP contribution in [0.25, 0.3) is 0 Å². The fraction of sp³-hybridized carbons (Fsp3) is 0.568. The van der Waals surface area contributed by atoms with E-state index in [9.17, 15) is 4.79 Å². The standard InChI is InChI=1S/C44H64N4O3/c1-5-35(2)32-48(39-25-30-47(31-26-39)34-40-41(50-3)22-17-23-42(40)51-4)28-16-8-6-7-15-27-46-29-24-38(33-46)44(43(45)49,36-18-11-9-12-19-36)37-20-13-10-14-21-37/h9-14,17-23,35,38-39H,5-8,15-16,24-34H2,1-4H3,(H2,45,49)/t35?,38-/m1/s1. The van der Waals surface area contributed by atoms with Crippen molar-refractivity contribution in [2.75, 3.05) is 60.0 Å². The molecular formula is C44H64N4O3. The predicted octanol–water partition coefficient (Wildman–Crippen LogP) is 7.76. The highest BCUT2D eigenvalue weighted by Gasteiger charge is 2.49. The molecule has 1 unspecified atom stereocenters. The van der Waals surface area contributed by atoms with E-state index in [1.165, 1.54) is 64.5 Å². The van der Waals surface area contributed by atoms with Gasteiger partial charge in [-0.05, 0) is 99.9 Å². The number of benzene rings is 3. The molecule has 5 rings (SSSR count). The Morgan fingerprint density at radius 3 is 1.94 bits per heavy atom. The Hall–Kier alpha value is -3.39. The van der Waals surface area contributed by atoms with Crippen molar-refractivity contribution in [3.05, 3.63) is 95.6 Å². The summed E-state index contributed by atoms with van der Waals surface area (Å²) in [5.41, 5.74) is 8.68. The molecule has 0 aliphatic carbocycles.